The quantitative estimate of drug-likeness (QED) is 0.445. The van der Waals surface area contributed by atoms with E-state index in [1.807, 2.05) is 0 Å². The Morgan fingerprint density at radius 2 is 2.14 bits per heavy atom. The second-order valence-electron chi connectivity index (χ2n) is 3.90. The average Bonchev–Trinajstić information content (AvgIpc) is 2.41. The highest BCUT2D eigenvalue weighted by Crippen LogP contribution is 2.30. The highest BCUT2D eigenvalue weighted by Gasteiger charge is 2.19. The molecule has 0 spiro atoms. The van der Waals surface area contributed by atoms with Gasteiger partial charge in [0.25, 0.3) is 0 Å². The van der Waals surface area contributed by atoms with Crippen molar-refractivity contribution in [2.45, 2.75) is 0 Å². The number of rotatable bonds is 4. The maximum absolute atomic E-state index is 11.0. The van der Waals surface area contributed by atoms with Gasteiger partial charge in [-0.3, -0.25) is 10.1 Å². The molecule has 0 radical (unpaired) electrons. The first-order valence-corrected chi connectivity index (χ1v) is 6.94. The highest BCUT2D eigenvalue weighted by molar-refractivity contribution is 14.1. The molecule has 0 saturated heterocycles. The lowest BCUT2D eigenvalue weighted by Gasteiger charge is -2.08. The summed E-state index contributed by atoms with van der Waals surface area (Å²) in [5.41, 5.74) is -0.263. The molecule has 0 amide bonds. The second-order valence-corrected chi connectivity index (χ2v) is 5.56. The molecule has 108 valence electrons. The molecule has 2 N–H and O–H groups in total. The van der Waals surface area contributed by atoms with Crippen molar-refractivity contribution in [3.05, 3.63) is 54.7 Å². The van der Waals surface area contributed by atoms with Crippen molar-refractivity contribution >= 4 is 57.4 Å². The van der Waals surface area contributed by atoms with Crippen LogP contribution in [-0.2, 0) is 0 Å². The number of anilines is 2. The van der Waals surface area contributed by atoms with Gasteiger partial charge in [-0.15, -0.1) is 0 Å². The first kappa shape index (κ1) is 15.4. The Morgan fingerprint density at radius 3 is 2.71 bits per heavy atom. The molecular weight excluding hydrogens is 413 g/mol. The molecule has 0 saturated carbocycles. The fourth-order valence-electron chi connectivity index (χ4n) is 1.52. The van der Waals surface area contributed by atoms with E-state index < -0.39 is 16.6 Å². The average molecular weight is 420 g/mol. The summed E-state index contributed by atoms with van der Waals surface area (Å²) >= 11 is 8.11. The van der Waals surface area contributed by atoms with Crippen molar-refractivity contribution in [3.63, 3.8) is 0 Å². The van der Waals surface area contributed by atoms with Gasteiger partial charge in [-0.25, -0.2) is 9.78 Å². The predicted molar refractivity (Wildman–Crippen MR) is 85.3 cm³/mol. The van der Waals surface area contributed by atoms with E-state index >= 15 is 0 Å². The largest absolute Gasteiger partial charge is 0.478 e. The molecule has 7 nitrogen and oxygen atoms in total. The van der Waals surface area contributed by atoms with Crippen LogP contribution in [0.2, 0.25) is 5.02 Å². The van der Waals surface area contributed by atoms with Crippen LogP contribution in [0.4, 0.5) is 17.2 Å². The molecule has 21 heavy (non-hydrogen) atoms. The van der Waals surface area contributed by atoms with E-state index in [1.54, 1.807) is 18.2 Å². The summed E-state index contributed by atoms with van der Waals surface area (Å²) in [5.74, 6) is -1.36. The molecule has 0 bridgehead atoms. The normalized spacial score (nSPS) is 10.2. The van der Waals surface area contributed by atoms with E-state index in [2.05, 4.69) is 32.9 Å². The van der Waals surface area contributed by atoms with E-state index in [4.69, 9.17) is 16.7 Å². The summed E-state index contributed by atoms with van der Waals surface area (Å²) in [7, 11) is 0. The van der Waals surface area contributed by atoms with E-state index in [-0.39, 0.29) is 11.4 Å². The van der Waals surface area contributed by atoms with E-state index in [1.165, 1.54) is 0 Å². The fraction of sp³-hybridized carbons (Fsp3) is 0. The molecule has 2 aromatic rings. The summed E-state index contributed by atoms with van der Waals surface area (Å²) in [6.45, 7) is 0. The second kappa shape index (κ2) is 6.22. The molecule has 9 heteroatoms. The number of nitrogens with one attached hydrogen (secondary N) is 1. The lowest BCUT2D eigenvalue weighted by molar-refractivity contribution is -0.384. The molecule has 1 heterocycles. The van der Waals surface area contributed by atoms with Gasteiger partial charge in [0.2, 0.25) is 5.82 Å². The van der Waals surface area contributed by atoms with E-state index in [0.717, 1.165) is 15.8 Å². The van der Waals surface area contributed by atoms with Crippen molar-refractivity contribution < 1.29 is 14.8 Å². The molecule has 0 aliphatic carbocycles. The third kappa shape index (κ3) is 3.58. The Morgan fingerprint density at radius 1 is 1.43 bits per heavy atom. The van der Waals surface area contributed by atoms with Gasteiger partial charge in [0, 0.05) is 15.8 Å². The van der Waals surface area contributed by atoms with Crippen molar-refractivity contribution in [1.29, 1.82) is 0 Å². The minimum atomic E-state index is -1.29. The van der Waals surface area contributed by atoms with Crippen LogP contribution in [0.1, 0.15) is 10.4 Å². The third-order valence-corrected chi connectivity index (χ3v) is 3.48. The summed E-state index contributed by atoms with van der Waals surface area (Å²) in [5, 5.41) is 23.0. The Labute approximate surface area is 137 Å². The monoisotopic (exact) mass is 419 g/mol. The van der Waals surface area contributed by atoms with E-state index in [0.29, 0.717) is 10.7 Å². The highest BCUT2D eigenvalue weighted by atomic mass is 127. The molecule has 0 fully saturated rings. The molecular formula is C12H7ClIN3O4. The first-order chi connectivity index (χ1) is 9.88. The van der Waals surface area contributed by atoms with Crippen LogP contribution in [0.5, 0.6) is 0 Å². The van der Waals surface area contributed by atoms with Crippen LogP contribution in [0.15, 0.2) is 30.5 Å². The SMILES string of the molecule is O=C(O)c1cnc(Nc2ccc(I)cc2Cl)c([N+](=O)[O-])c1. The standard InChI is InChI=1S/C12H7ClIN3O4/c13-8-4-7(14)1-2-9(8)16-11-10(17(20)21)3-6(5-15-11)12(18)19/h1-5H,(H,15,16)(H,18,19). The topological polar surface area (TPSA) is 105 Å². The van der Waals surface area contributed by atoms with Crippen LogP contribution in [0.3, 0.4) is 0 Å². The molecule has 0 unspecified atom stereocenters. The number of carbonyl (C=O) groups is 1. The number of hydrogen-bond acceptors (Lipinski definition) is 5. The third-order valence-electron chi connectivity index (χ3n) is 2.50. The van der Waals surface area contributed by atoms with Gasteiger partial charge in [0.05, 0.1) is 21.2 Å². The zero-order valence-electron chi connectivity index (χ0n) is 10.2. The Kier molecular flexibility index (Phi) is 4.58. The minimum Gasteiger partial charge on any atom is -0.478 e. The molecule has 1 aromatic heterocycles. The summed E-state index contributed by atoms with van der Waals surface area (Å²) in [4.78, 5) is 24.9. The van der Waals surface area contributed by atoms with Crippen molar-refractivity contribution in [3.8, 4) is 0 Å². The van der Waals surface area contributed by atoms with Gasteiger partial charge in [0.1, 0.15) is 0 Å². The number of nitrogens with zero attached hydrogens (tertiary/aromatic N) is 2. The van der Waals surface area contributed by atoms with Crippen LogP contribution in [0, 0.1) is 13.7 Å². The first-order valence-electron chi connectivity index (χ1n) is 5.48. The molecule has 1 aromatic carbocycles. The predicted octanol–water partition coefficient (Wildman–Crippen LogP) is 3.69. The Bertz CT molecular complexity index is 738. The van der Waals surface area contributed by atoms with Crippen LogP contribution < -0.4 is 5.32 Å². The maximum Gasteiger partial charge on any atom is 0.337 e. The number of halogens is 2. The number of carboxylic acids is 1. The van der Waals surface area contributed by atoms with Crippen LogP contribution in [0.25, 0.3) is 0 Å². The zero-order chi connectivity index (χ0) is 15.6. The Balaban J connectivity index is 2.44. The van der Waals surface area contributed by atoms with E-state index in [9.17, 15) is 14.9 Å². The van der Waals surface area contributed by atoms with Crippen molar-refractivity contribution in [1.82, 2.24) is 4.98 Å². The van der Waals surface area contributed by atoms with Crippen molar-refractivity contribution in [2.24, 2.45) is 0 Å². The molecule has 0 aliphatic heterocycles. The van der Waals surface area contributed by atoms with Gasteiger partial charge < -0.3 is 10.4 Å². The van der Waals surface area contributed by atoms with Crippen LogP contribution in [-0.4, -0.2) is 21.0 Å². The molecule has 0 atom stereocenters. The van der Waals surface area contributed by atoms with Gasteiger partial charge >= 0.3 is 11.7 Å². The number of aromatic nitrogens is 1. The molecule has 2 rings (SSSR count). The number of nitro groups is 1. The zero-order valence-corrected chi connectivity index (χ0v) is 13.1. The number of aromatic carboxylic acids is 1. The van der Waals surface area contributed by atoms with Gasteiger partial charge in [0.15, 0.2) is 0 Å². The fourth-order valence-corrected chi connectivity index (χ4v) is 2.43. The number of hydrogen-bond donors (Lipinski definition) is 2. The maximum atomic E-state index is 11.0. The lowest BCUT2D eigenvalue weighted by atomic mass is 10.2. The number of pyridine rings is 1. The molecule has 0 aliphatic rings. The Hall–Kier alpha value is -1.94. The summed E-state index contributed by atoms with van der Waals surface area (Å²) in [6.07, 6.45) is 1.04. The van der Waals surface area contributed by atoms with Gasteiger partial charge in [-0.1, -0.05) is 11.6 Å². The smallest absolute Gasteiger partial charge is 0.337 e. The minimum absolute atomic E-state index is 0.0758. The van der Waals surface area contributed by atoms with Crippen molar-refractivity contribution in [2.75, 3.05) is 5.32 Å². The van der Waals surface area contributed by atoms with Gasteiger partial charge in [-0.2, -0.15) is 0 Å². The number of benzene rings is 1. The van der Waals surface area contributed by atoms with Crippen LogP contribution >= 0.6 is 34.2 Å². The number of carboxylic acid groups (broad SMARTS) is 1. The summed E-state index contributed by atoms with van der Waals surface area (Å²) in [6, 6.07) is 6.05. The van der Waals surface area contributed by atoms with Gasteiger partial charge in [-0.05, 0) is 40.8 Å². The lowest BCUT2D eigenvalue weighted by Crippen LogP contribution is -2.04. The summed E-state index contributed by atoms with van der Waals surface area (Å²) < 4.78 is 0.909.